The number of alkyl halides is 4. The first-order chi connectivity index (χ1) is 15.9. The minimum atomic E-state index is -4.42. The van der Waals surface area contributed by atoms with Crippen LogP contribution in [0.4, 0.5) is 35.0 Å². The molecule has 3 aromatic rings. The van der Waals surface area contributed by atoms with E-state index in [0.717, 1.165) is 38.4 Å². The molecule has 0 atom stereocenters. The maximum atomic E-state index is 13.6. The minimum absolute atomic E-state index is 0.396. The Hall–Kier alpha value is -3.04. The first-order valence-electron chi connectivity index (χ1n) is 11.3. The van der Waals surface area contributed by atoms with Gasteiger partial charge in [-0.3, -0.25) is 0 Å². The highest BCUT2D eigenvalue weighted by atomic mass is 19.4. The SMILES string of the molecule is FCc1cccnc1N1CCN(c2nc3c(N4CCCCC4)cc(C(F)(F)F)cc3[nH]2)CC1. The molecule has 0 saturated carbocycles. The van der Waals surface area contributed by atoms with Gasteiger partial charge >= 0.3 is 6.18 Å². The summed E-state index contributed by atoms with van der Waals surface area (Å²) in [7, 11) is 0. The number of aromatic amines is 1. The lowest BCUT2D eigenvalue weighted by molar-refractivity contribution is -0.137. The van der Waals surface area contributed by atoms with Crippen LogP contribution in [0, 0.1) is 0 Å². The van der Waals surface area contributed by atoms with Gasteiger partial charge in [-0.2, -0.15) is 13.2 Å². The molecule has 6 nitrogen and oxygen atoms in total. The first kappa shape index (κ1) is 21.8. The number of nitrogens with zero attached hydrogens (tertiary/aromatic N) is 5. The lowest BCUT2D eigenvalue weighted by Crippen LogP contribution is -2.47. The van der Waals surface area contributed by atoms with E-state index >= 15 is 0 Å². The van der Waals surface area contributed by atoms with Crippen molar-refractivity contribution in [1.29, 1.82) is 0 Å². The number of piperidine rings is 1. The predicted molar refractivity (Wildman–Crippen MR) is 121 cm³/mol. The van der Waals surface area contributed by atoms with Crippen LogP contribution < -0.4 is 14.7 Å². The first-order valence-corrected chi connectivity index (χ1v) is 11.3. The molecule has 2 saturated heterocycles. The number of rotatable bonds is 4. The molecule has 0 aliphatic carbocycles. The molecule has 33 heavy (non-hydrogen) atoms. The highest BCUT2D eigenvalue weighted by Gasteiger charge is 2.33. The zero-order valence-electron chi connectivity index (χ0n) is 18.2. The van der Waals surface area contributed by atoms with E-state index in [2.05, 4.69) is 9.97 Å². The Morgan fingerprint density at radius 3 is 2.33 bits per heavy atom. The second-order valence-corrected chi connectivity index (χ2v) is 8.59. The van der Waals surface area contributed by atoms with Crippen molar-refractivity contribution in [3.8, 4) is 0 Å². The van der Waals surface area contributed by atoms with Crippen molar-refractivity contribution in [3.05, 3.63) is 41.6 Å². The summed E-state index contributed by atoms with van der Waals surface area (Å²) in [6, 6.07) is 5.83. The van der Waals surface area contributed by atoms with Crippen molar-refractivity contribution in [2.45, 2.75) is 32.1 Å². The average Bonchev–Trinajstić information content (AvgIpc) is 3.28. The summed E-state index contributed by atoms with van der Waals surface area (Å²) in [4.78, 5) is 18.3. The number of fused-ring (bicyclic) bond motifs is 1. The van der Waals surface area contributed by atoms with E-state index < -0.39 is 18.4 Å². The third-order valence-corrected chi connectivity index (χ3v) is 6.47. The number of piperazine rings is 1. The van der Waals surface area contributed by atoms with Crippen LogP contribution in [0.15, 0.2) is 30.5 Å². The number of aromatic nitrogens is 3. The van der Waals surface area contributed by atoms with Crippen LogP contribution >= 0.6 is 0 Å². The molecule has 2 aliphatic rings. The number of nitrogens with one attached hydrogen (secondary N) is 1. The standard InChI is InChI=1S/C23H26F4N6/c24-15-16-5-4-6-28-21(16)32-9-11-33(12-10-32)22-29-18-13-17(23(25,26)27)14-19(20(18)30-22)31-7-2-1-3-8-31/h4-6,13-14H,1-3,7-12,15H2,(H,29,30). The van der Waals surface area contributed by atoms with Gasteiger partial charge in [0.05, 0.1) is 16.8 Å². The number of hydrogen-bond donors (Lipinski definition) is 1. The van der Waals surface area contributed by atoms with Gasteiger partial charge in [0.1, 0.15) is 18.0 Å². The van der Waals surface area contributed by atoms with Crippen molar-refractivity contribution < 1.29 is 17.6 Å². The Kier molecular flexibility index (Phi) is 5.76. The molecule has 0 radical (unpaired) electrons. The van der Waals surface area contributed by atoms with Crippen LogP contribution in [-0.4, -0.2) is 54.2 Å². The third kappa shape index (κ3) is 4.30. The molecule has 10 heteroatoms. The maximum absolute atomic E-state index is 13.6. The molecule has 2 aliphatic heterocycles. The number of imidazole rings is 1. The van der Waals surface area contributed by atoms with Crippen molar-refractivity contribution in [2.75, 3.05) is 54.0 Å². The summed E-state index contributed by atoms with van der Waals surface area (Å²) in [5, 5.41) is 0. The monoisotopic (exact) mass is 462 g/mol. The fourth-order valence-corrected chi connectivity index (χ4v) is 4.72. The maximum Gasteiger partial charge on any atom is 0.416 e. The smallest absolute Gasteiger partial charge is 0.370 e. The summed E-state index contributed by atoms with van der Waals surface area (Å²) < 4.78 is 54.1. The largest absolute Gasteiger partial charge is 0.416 e. The van der Waals surface area contributed by atoms with E-state index in [1.165, 1.54) is 6.07 Å². The van der Waals surface area contributed by atoms with Crippen LogP contribution in [0.5, 0.6) is 0 Å². The molecule has 0 bridgehead atoms. The number of H-pyrrole nitrogens is 1. The second-order valence-electron chi connectivity index (χ2n) is 8.59. The van der Waals surface area contributed by atoms with E-state index in [0.29, 0.717) is 60.2 Å². The van der Waals surface area contributed by atoms with E-state index in [1.807, 2.05) is 14.7 Å². The number of halogens is 4. The zero-order valence-corrected chi connectivity index (χ0v) is 18.2. The molecule has 0 amide bonds. The van der Waals surface area contributed by atoms with Gasteiger partial charge in [-0.1, -0.05) is 6.07 Å². The quantitative estimate of drug-likeness (QED) is 0.567. The summed E-state index contributed by atoms with van der Waals surface area (Å²) >= 11 is 0. The highest BCUT2D eigenvalue weighted by molar-refractivity contribution is 5.91. The third-order valence-electron chi connectivity index (χ3n) is 6.47. The Labute approximate surface area is 189 Å². The lowest BCUT2D eigenvalue weighted by Gasteiger charge is -2.35. The van der Waals surface area contributed by atoms with Crippen LogP contribution in [0.1, 0.15) is 30.4 Å². The van der Waals surface area contributed by atoms with Crippen molar-refractivity contribution in [3.63, 3.8) is 0 Å². The minimum Gasteiger partial charge on any atom is -0.370 e. The van der Waals surface area contributed by atoms with Crippen LogP contribution in [0.25, 0.3) is 11.0 Å². The molecule has 2 fully saturated rings. The van der Waals surface area contributed by atoms with Gasteiger partial charge in [-0.15, -0.1) is 0 Å². The lowest BCUT2D eigenvalue weighted by atomic mass is 10.1. The summed E-state index contributed by atoms with van der Waals surface area (Å²) in [5.41, 5.74) is 1.41. The van der Waals surface area contributed by atoms with Gasteiger partial charge in [-0.05, 0) is 37.5 Å². The Morgan fingerprint density at radius 2 is 1.64 bits per heavy atom. The Morgan fingerprint density at radius 1 is 0.909 bits per heavy atom. The van der Waals surface area contributed by atoms with Crippen molar-refractivity contribution in [1.82, 2.24) is 15.0 Å². The second kappa shape index (κ2) is 8.72. The van der Waals surface area contributed by atoms with Gasteiger partial charge in [0, 0.05) is 51.0 Å². The highest BCUT2D eigenvalue weighted by Crippen LogP contribution is 2.38. The number of anilines is 3. The molecule has 1 aromatic carbocycles. The molecular formula is C23H26F4N6. The summed E-state index contributed by atoms with van der Waals surface area (Å²) in [6.07, 6.45) is 0.249. The van der Waals surface area contributed by atoms with Crippen molar-refractivity contribution in [2.24, 2.45) is 0 Å². The van der Waals surface area contributed by atoms with Gasteiger partial charge in [0.2, 0.25) is 5.95 Å². The van der Waals surface area contributed by atoms with E-state index in [9.17, 15) is 17.6 Å². The Balaban J connectivity index is 1.42. The molecule has 4 heterocycles. The van der Waals surface area contributed by atoms with Gasteiger partial charge in [-0.25, -0.2) is 14.4 Å². The van der Waals surface area contributed by atoms with E-state index in [4.69, 9.17) is 4.98 Å². The molecule has 176 valence electrons. The zero-order chi connectivity index (χ0) is 23.0. The summed E-state index contributed by atoms with van der Waals surface area (Å²) in [6.45, 7) is 3.34. The number of pyridine rings is 1. The molecule has 5 rings (SSSR count). The molecule has 1 N–H and O–H groups in total. The summed E-state index contributed by atoms with van der Waals surface area (Å²) in [5.74, 6) is 1.21. The topological polar surface area (TPSA) is 51.3 Å². The van der Waals surface area contributed by atoms with Crippen molar-refractivity contribution >= 4 is 28.5 Å². The fourth-order valence-electron chi connectivity index (χ4n) is 4.72. The molecular weight excluding hydrogens is 436 g/mol. The van der Waals surface area contributed by atoms with Gasteiger partial charge < -0.3 is 19.7 Å². The number of benzene rings is 1. The van der Waals surface area contributed by atoms with Gasteiger partial charge in [0.15, 0.2) is 0 Å². The number of hydrogen-bond acceptors (Lipinski definition) is 5. The van der Waals surface area contributed by atoms with Gasteiger partial charge in [0.25, 0.3) is 0 Å². The predicted octanol–water partition coefficient (Wildman–Crippen LogP) is 4.76. The molecule has 0 spiro atoms. The Bertz CT molecular complexity index is 1110. The van der Waals surface area contributed by atoms with Crippen LogP contribution in [0.3, 0.4) is 0 Å². The van der Waals surface area contributed by atoms with E-state index in [1.54, 1.807) is 18.3 Å². The van der Waals surface area contributed by atoms with Crippen LogP contribution in [-0.2, 0) is 12.9 Å². The molecule has 0 unspecified atom stereocenters. The fraction of sp³-hybridized carbons (Fsp3) is 0.478. The average molecular weight is 462 g/mol. The molecule has 2 aromatic heterocycles. The van der Waals surface area contributed by atoms with Crippen LogP contribution in [0.2, 0.25) is 0 Å². The normalized spacial score (nSPS) is 17.8. The van der Waals surface area contributed by atoms with E-state index in [-0.39, 0.29) is 0 Å².